The topological polar surface area (TPSA) is 50.8 Å². The van der Waals surface area contributed by atoms with Crippen LogP contribution < -0.4 is 15.0 Å². The summed E-state index contributed by atoms with van der Waals surface area (Å²) in [4.78, 5) is 15.9. The van der Waals surface area contributed by atoms with Gasteiger partial charge in [-0.2, -0.15) is 0 Å². The molecule has 5 heteroatoms. The fraction of sp³-hybridized carbons (Fsp3) is 0.342. The third-order valence-electron chi connectivity index (χ3n) is 8.73. The molecule has 1 N–H and O–H groups in total. The first-order valence-electron chi connectivity index (χ1n) is 15.8. The number of fused-ring (bicyclic) bond motifs is 6. The van der Waals surface area contributed by atoms with Gasteiger partial charge in [-0.3, -0.25) is 0 Å². The molecule has 0 amide bonds. The summed E-state index contributed by atoms with van der Waals surface area (Å²) >= 11 is 0. The number of esters is 1. The van der Waals surface area contributed by atoms with Gasteiger partial charge in [-0.05, 0) is 80.3 Å². The second-order valence-corrected chi connectivity index (χ2v) is 12.0. The van der Waals surface area contributed by atoms with Crippen molar-refractivity contribution in [2.45, 2.75) is 71.8 Å². The van der Waals surface area contributed by atoms with Crippen LogP contribution in [0.25, 0.3) is 0 Å². The fourth-order valence-electron chi connectivity index (χ4n) is 6.56. The minimum Gasteiger partial charge on any atom is -0.456 e. The van der Waals surface area contributed by atoms with E-state index in [0.29, 0.717) is 11.3 Å². The van der Waals surface area contributed by atoms with Crippen LogP contribution in [0.15, 0.2) is 78.9 Å². The summed E-state index contributed by atoms with van der Waals surface area (Å²) in [6, 6.07) is 26.7. The normalized spacial score (nSPS) is 16.2. The molecule has 4 aromatic carbocycles. The molecule has 0 aromatic heterocycles. The third-order valence-corrected chi connectivity index (χ3v) is 8.73. The molecule has 0 fully saturated rings. The lowest BCUT2D eigenvalue weighted by molar-refractivity contribution is 0.0224. The Kier molecular flexibility index (Phi) is 8.16. The molecule has 1 unspecified atom stereocenters. The Morgan fingerprint density at radius 1 is 0.744 bits per heavy atom. The molecule has 0 bridgehead atoms. The second-order valence-electron chi connectivity index (χ2n) is 12.0. The number of anilines is 3. The first kappa shape index (κ1) is 28.9. The van der Waals surface area contributed by atoms with Crippen molar-refractivity contribution in [3.05, 3.63) is 112 Å². The van der Waals surface area contributed by atoms with Crippen molar-refractivity contribution in [3.63, 3.8) is 0 Å². The Morgan fingerprint density at radius 2 is 1.56 bits per heavy atom. The molecule has 0 saturated carbocycles. The van der Waals surface area contributed by atoms with E-state index in [2.05, 4.69) is 86.4 Å². The smallest absolute Gasteiger partial charge is 0.340 e. The van der Waals surface area contributed by atoms with E-state index in [4.69, 9.17) is 9.47 Å². The van der Waals surface area contributed by atoms with E-state index < -0.39 is 5.60 Å². The minimum atomic E-state index is -1.10. The number of nitrogens with one attached hydrogen (secondary N) is 1. The van der Waals surface area contributed by atoms with E-state index in [1.54, 1.807) is 0 Å². The number of carbonyl (C=O) groups excluding carboxylic acids is 1. The highest BCUT2D eigenvalue weighted by molar-refractivity contribution is 5.97. The van der Waals surface area contributed by atoms with Gasteiger partial charge in [-0.1, -0.05) is 69.9 Å². The van der Waals surface area contributed by atoms with E-state index in [1.165, 1.54) is 37.7 Å². The zero-order valence-electron chi connectivity index (χ0n) is 25.8. The van der Waals surface area contributed by atoms with Crippen molar-refractivity contribution in [2.24, 2.45) is 0 Å². The molecule has 0 saturated heterocycles. The van der Waals surface area contributed by atoms with Crippen LogP contribution in [0, 0.1) is 13.8 Å². The van der Waals surface area contributed by atoms with Crippen LogP contribution in [0.4, 0.5) is 17.1 Å². The van der Waals surface area contributed by atoms with Crippen LogP contribution in [0.1, 0.15) is 90.5 Å². The Balaban J connectivity index is 1.44. The quantitative estimate of drug-likeness (QED) is 0.143. The van der Waals surface area contributed by atoms with E-state index in [0.717, 1.165) is 64.6 Å². The van der Waals surface area contributed by atoms with Crippen molar-refractivity contribution >= 4 is 23.0 Å². The Labute approximate surface area is 255 Å². The van der Waals surface area contributed by atoms with Gasteiger partial charge in [0.2, 0.25) is 0 Å². The predicted molar refractivity (Wildman–Crippen MR) is 175 cm³/mol. The zero-order valence-corrected chi connectivity index (χ0v) is 25.8. The van der Waals surface area contributed by atoms with Crippen LogP contribution in [-0.2, 0) is 10.3 Å². The maximum Gasteiger partial charge on any atom is 0.340 e. The van der Waals surface area contributed by atoms with E-state index in [9.17, 15) is 4.79 Å². The van der Waals surface area contributed by atoms with Crippen molar-refractivity contribution in [1.82, 2.24) is 0 Å². The summed E-state index contributed by atoms with van der Waals surface area (Å²) in [7, 11) is 0. The summed E-state index contributed by atoms with van der Waals surface area (Å²) in [6.07, 6.45) is 7.32. The number of nitrogens with zero attached hydrogens (tertiary/aromatic N) is 1. The molecule has 0 aliphatic carbocycles. The summed E-state index contributed by atoms with van der Waals surface area (Å²) in [5, 5.41) is 3.60. The average molecular weight is 575 g/mol. The Morgan fingerprint density at radius 3 is 2.37 bits per heavy atom. The fourth-order valence-corrected chi connectivity index (χ4v) is 6.56. The molecular weight excluding hydrogens is 532 g/mol. The molecule has 43 heavy (non-hydrogen) atoms. The van der Waals surface area contributed by atoms with Gasteiger partial charge in [-0.15, -0.1) is 0 Å². The van der Waals surface area contributed by atoms with Crippen LogP contribution in [0.2, 0.25) is 0 Å². The highest BCUT2D eigenvalue weighted by atomic mass is 16.6. The monoisotopic (exact) mass is 574 g/mol. The van der Waals surface area contributed by atoms with Gasteiger partial charge in [0.05, 0.1) is 5.56 Å². The van der Waals surface area contributed by atoms with Gasteiger partial charge in [0, 0.05) is 52.9 Å². The first-order chi connectivity index (χ1) is 20.9. The number of benzene rings is 4. The first-order valence-corrected chi connectivity index (χ1v) is 15.8. The maximum absolute atomic E-state index is 13.4. The molecule has 5 nitrogen and oxygen atoms in total. The molecule has 4 aromatic rings. The van der Waals surface area contributed by atoms with Crippen LogP contribution in [-0.4, -0.2) is 19.1 Å². The lowest BCUT2D eigenvalue weighted by Gasteiger charge is -2.38. The van der Waals surface area contributed by atoms with Gasteiger partial charge in [0.25, 0.3) is 0 Å². The molecule has 1 atom stereocenters. The van der Waals surface area contributed by atoms with Crippen LogP contribution in [0.3, 0.4) is 0 Å². The second kappa shape index (κ2) is 12.2. The summed E-state index contributed by atoms with van der Waals surface area (Å²) in [5.41, 5.74) is 7.36. The lowest BCUT2D eigenvalue weighted by atomic mass is 9.77. The SMILES string of the molecule is CCCCCCCN(CCC)c1ccc2c(c1)Oc1cc(C)c(Nc3cccc(C)c3)cc1C21OC(=O)c2ccccc21. The van der Waals surface area contributed by atoms with Gasteiger partial charge in [0.15, 0.2) is 5.60 Å². The van der Waals surface area contributed by atoms with Crippen LogP contribution in [0.5, 0.6) is 11.5 Å². The lowest BCUT2D eigenvalue weighted by Crippen LogP contribution is -2.33. The molecular formula is C38H42N2O3. The standard InChI is InChI=1S/C38H42N2O3/c1-5-7-8-9-12-21-40(20-6-2)29-18-19-32-36(24-29)42-35-23-27(4)34(39-28-15-13-14-26(3)22-28)25-33(35)38(32)31-17-11-10-16-30(31)37(41)43-38/h10-11,13-19,22-25,39H,5-9,12,20-21H2,1-4H3. The average Bonchev–Trinajstić information content (AvgIpc) is 3.30. The number of carbonyl (C=O) groups is 1. The number of hydrogen-bond donors (Lipinski definition) is 1. The van der Waals surface area contributed by atoms with E-state index in [-0.39, 0.29) is 5.97 Å². The number of rotatable bonds is 11. The van der Waals surface area contributed by atoms with Gasteiger partial charge in [0.1, 0.15) is 11.5 Å². The van der Waals surface area contributed by atoms with Crippen molar-refractivity contribution in [2.75, 3.05) is 23.3 Å². The summed E-state index contributed by atoms with van der Waals surface area (Å²) in [5.74, 6) is 1.13. The molecule has 6 rings (SSSR count). The molecule has 2 aliphatic heterocycles. The van der Waals surface area contributed by atoms with Gasteiger partial charge < -0.3 is 19.7 Å². The largest absolute Gasteiger partial charge is 0.456 e. The number of unbranched alkanes of at least 4 members (excludes halogenated alkanes) is 4. The molecule has 2 heterocycles. The summed E-state index contributed by atoms with van der Waals surface area (Å²) in [6.45, 7) is 10.6. The number of ether oxygens (including phenoxy) is 2. The van der Waals surface area contributed by atoms with Gasteiger partial charge >= 0.3 is 5.97 Å². The van der Waals surface area contributed by atoms with Crippen molar-refractivity contribution in [1.29, 1.82) is 0 Å². The number of hydrogen-bond acceptors (Lipinski definition) is 5. The zero-order chi connectivity index (χ0) is 30.0. The summed E-state index contributed by atoms with van der Waals surface area (Å²) < 4.78 is 13.2. The predicted octanol–water partition coefficient (Wildman–Crippen LogP) is 9.80. The highest BCUT2D eigenvalue weighted by Crippen LogP contribution is 2.57. The molecule has 1 spiro atoms. The van der Waals surface area contributed by atoms with E-state index >= 15 is 0 Å². The highest BCUT2D eigenvalue weighted by Gasteiger charge is 2.53. The molecule has 2 aliphatic rings. The third kappa shape index (κ3) is 5.37. The Bertz CT molecular complexity index is 1640. The maximum atomic E-state index is 13.4. The Hall–Kier alpha value is -4.25. The minimum absolute atomic E-state index is 0.313. The van der Waals surface area contributed by atoms with Crippen molar-refractivity contribution < 1.29 is 14.3 Å². The van der Waals surface area contributed by atoms with Crippen molar-refractivity contribution in [3.8, 4) is 11.5 Å². The molecule has 0 radical (unpaired) electrons. The van der Waals surface area contributed by atoms with Gasteiger partial charge in [-0.25, -0.2) is 4.79 Å². The molecule has 222 valence electrons. The van der Waals surface area contributed by atoms with Crippen LogP contribution >= 0.6 is 0 Å². The van der Waals surface area contributed by atoms with E-state index in [1.807, 2.05) is 30.3 Å². The number of aryl methyl sites for hydroxylation is 2.